The molecule has 0 spiro atoms. The Kier molecular flexibility index (Phi) is 6.58. The van der Waals surface area contributed by atoms with Crippen molar-refractivity contribution in [3.8, 4) is 11.3 Å². The number of Topliss-reactive ketones (excluding diaryl/α,β-unsaturated/α-hetero) is 1. The number of aromatic nitrogens is 4. The minimum Gasteiger partial charge on any atom is -0.335 e. The van der Waals surface area contributed by atoms with E-state index in [-0.39, 0.29) is 22.9 Å². The summed E-state index contributed by atoms with van der Waals surface area (Å²) >= 11 is 0. The zero-order valence-corrected chi connectivity index (χ0v) is 19.7. The molecule has 2 aromatic heterocycles. The smallest absolute Gasteiger partial charge is 0.335 e. The average molecular weight is 519 g/mol. The molecule has 0 radical (unpaired) electrons. The van der Waals surface area contributed by atoms with Crippen LogP contribution >= 0.6 is 0 Å². The summed E-state index contributed by atoms with van der Waals surface area (Å²) in [5.74, 6) is -2.97. The number of anilines is 1. The number of likely N-dealkylation sites (N-methyl/N-ethyl adjacent to an activating group) is 1. The largest absolute Gasteiger partial charge is 0.451 e. The minimum atomic E-state index is -4.70. The third-order valence-electron chi connectivity index (χ3n) is 5.70. The van der Waals surface area contributed by atoms with Crippen molar-refractivity contribution in [1.82, 2.24) is 34.6 Å². The summed E-state index contributed by atoms with van der Waals surface area (Å²) in [6.07, 6.45) is 0.0926. The quantitative estimate of drug-likeness (QED) is 0.584. The first-order valence-electron chi connectivity index (χ1n) is 10.8. The number of amides is 4. The molecule has 2 unspecified atom stereocenters. The molecule has 4 amide bonds. The van der Waals surface area contributed by atoms with Gasteiger partial charge in [-0.25, -0.2) is 24.7 Å². The van der Waals surface area contributed by atoms with Crippen molar-refractivity contribution < 1.29 is 32.3 Å². The number of aliphatic imine (C=N–C) groups is 1. The van der Waals surface area contributed by atoms with Gasteiger partial charge in [0.2, 0.25) is 11.7 Å². The Bertz CT molecular complexity index is 1280. The predicted octanol–water partition coefficient (Wildman–Crippen LogP) is 0.801. The highest BCUT2D eigenvalue weighted by Crippen LogP contribution is 2.28. The van der Waals surface area contributed by atoms with Gasteiger partial charge in [-0.15, -0.1) is 0 Å². The molecule has 13 nitrogen and oxygen atoms in total. The number of imide groups is 1. The van der Waals surface area contributed by atoms with Crippen LogP contribution in [0.1, 0.15) is 19.7 Å². The summed E-state index contributed by atoms with van der Waals surface area (Å²) in [5, 5.41) is 2.54. The van der Waals surface area contributed by atoms with Gasteiger partial charge < -0.3 is 15.1 Å². The second-order valence-corrected chi connectivity index (χ2v) is 8.34. The molecular formula is C21H20F3N9O4. The molecule has 194 valence electrons. The standard InChI is InChI=1S/C21H20F3N9O4/c1-10(34)8-32-18(36)15-16(31(3)20(32)37)28-9-33(15)11(2)17(35)30-14-7-25-6-13(29-14)12-4-26-19(27-5-12)21(22,23)24/h4-7,9,11,15-16H,8H2,1-3H3,(H,29,30,35)/t11-,15?,16?/m0/s1. The van der Waals surface area contributed by atoms with Crippen molar-refractivity contribution in [1.29, 1.82) is 0 Å². The molecule has 16 heteroatoms. The van der Waals surface area contributed by atoms with Crippen LogP contribution in [-0.2, 0) is 20.6 Å². The fourth-order valence-electron chi connectivity index (χ4n) is 3.82. The molecule has 0 saturated carbocycles. The number of ketones is 1. The summed E-state index contributed by atoms with van der Waals surface area (Å²) in [6, 6.07) is -2.66. The van der Waals surface area contributed by atoms with Crippen molar-refractivity contribution in [3.63, 3.8) is 0 Å². The average Bonchev–Trinajstić information content (AvgIpc) is 3.30. The number of fused-ring (bicyclic) bond motifs is 1. The van der Waals surface area contributed by atoms with E-state index in [1.807, 2.05) is 0 Å². The number of halogens is 3. The number of hydrogen-bond donors (Lipinski definition) is 1. The van der Waals surface area contributed by atoms with Gasteiger partial charge in [-0.3, -0.25) is 24.3 Å². The molecule has 3 atom stereocenters. The van der Waals surface area contributed by atoms with Crippen LogP contribution in [0.2, 0.25) is 0 Å². The van der Waals surface area contributed by atoms with Gasteiger partial charge in [-0.05, 0) is 13.8 Å². The van der Waals surface area contributed by atoms with E-state index in [1.165, 1.54) is 49.4 Å². The molecule has 1 saturated heterocycles. The zero-order chi connectivity index (χ0) is 27.1. The van der Waals surface area contributed by atoms with Crippen LogP contribution in [0.4, 0.5) is 23.8 Å². The van der Waals surface area contributed by atoms with Gasteiger partial charge in [0.1, 0.15) is 11.8 Å². The number of rotatable bonds is 6. The first-order chi connectivity index (χ1) is 17.4. The molecule has 4 rings (SSSR count). The second kappa shape index (κ2) is 9.51. The molecule has 0 aromatic carbocycles. The van der Waals surface area contributed by atoms with Crippen LogP contribution in [0.5, 0.6) is 0 Å². The van der Waals surface area contributed by atoms with E-state index in [2.05, 4.69) is 30.2 Å². The van der Waals surface area contributed by atoms with Crippen molar-refractivity contribution in [2.45, 2.75) is 38.3 Å². The third-order valence-corrected chi connectivity index (χ3v) is 5.70. The maximum atomic E-state index is 13.0. The predicted molar refractivity (Wildman–Crippen MR) is 120 cm³/mol. The molecule has 2 aromatic rings. The minimum absolute atomic E-state index is 0.0117. The van der Waals surface area contributed by atoms with E-state index in [0.717, 1.165) is 17.3 Å². The van der Waals surface area contributed by atoms with Crippen molar-refractivity contribution in [3.05, 3.63) is 30.6 Å². The van der Waals surface area contributed by atoms with Gasteiger partial charge in [-0.2, -0.15) is 13.2 Å². The first kappa shape index (κ1) is 25.6. The molecule has 2 aliphatic rings. The molecule has 2 aliphatic heterocycles. The number of carbonyl (C=O) groups is 4. The fraction of sp³-hybridized carbons (Fsp3) is 0.381. The summed E-state index contributed by atoms with van der Waals surface area (Å²) < 4.78 is 38.1. The Morgan fingerprint density at radius 3 is 2.43 bits per heavy atom. The van der Waals surface area contributed by atoms with Crippen LogP contribution in [0, 0.1) is 0 Å². The Morgan fingerprint density at radius 1 is 1.14 bits per heavy atom. The first-order valence-corrected chi connectivity index (χ1v) is 10.8. The van der Waals surface area contributed by atoms with E-state index in [4.69, 9.17) is 0 Å². The van der Waals surface area contributed by atoms with Gasteiger partial charge in [0.05, 0.1) is 31.0 Å². The van der Waals surface area contributed by atoms with E-state index < -0.39 is 54.6 Å². The summed E-state index contributed by atoms with van der Waals surface area (Å²) in [7, 11) is 1.44. The Balaban J connectivity index is 1.49. The van der Waals surface area contributed by atoms with Crippen LogP contribution in [0.3, 0.4) is 0 Å². The number of nitrogens with one attached hydrogen (secondary N) is 1. The lowest BCUT2D eigenvalue weighted by Crippen LogP contribution is -2.66. The van der Waals surface area contributed by atoms with Crippen molar-refractivity contribution >= 4 is 35.8 Å². The number of alkyl halides is 3. The van der Waals surface area contributed by atoms with Crippen LogP contribution in [0.25, 0.3) is 11.3 Å². The molecule has 1 N–H and O–H groups in total. The van der Waals surface area contributed by atoms with Gasteiger partial charge in [0.25, 0.3) is 5.91 Å². The maximum Gasteiger partial charge on any atom is 0.451 e. The lowest BCUT2D eigenvalue weighted by Gasteiger charge is -2.41. The van der Waals surface area contributed by atoms with Gasteiger partial charge >= 0.3 is 12.2 Å². The molecule has 1 fully saturated rings. The molecule has 0 aliphatic carbocycles. The third kappa shape index (κ3) is 4.94. The van der Waals surface area contributed by atoms with Gasteiger partial charge in [0.15, 0.2) is 18.0 Å². The SMILES string of the molecule is CC(=O)CN1C(=O)C2C(N=CN2[C@@H](C)C(=O)Nc2cncc(-c3cnc(C(F)(F)F)nc3)n2)N(C)C1=O. The van der Waals surface area contributed by atoms with E-state index in [0.29, 0.717) is 0 Å². The molecular weight excluding hydrogens is 499 g/mol. The van der Waals surface area contributed by atoms with Crippen molar-refractivity contribution in [2.24, 2.45) is 4.99 Å². The monoisotopic (exact) mass is 519 g/mol. The lowest BCUT2D eigenvalue weighted by atomic mass is 10.1. The zero-order valence-electron chi connectivity index (χ0n) is 19.7. The summed E-state index contributed by atoms with van der Waals surface area (Å²) in [5.41, 5.74) is 0.259. The molecule has 37 heavy (non-hydrogen) atoms. The van der Waals surface area contributed by atoms with Crippen LogP contribution in [0.15, 0.2) is 29.8 Å². The normalized spacial score (nSPS) is 20.2. The lowest BCUT2D eigenvalue weighted by molar-refractivity contribution is -0.145. The fourth-order valence-corrected chi connectivity index (χ4v) is 3.82. The number of carbonyl (C=O) groups excluding carboxylic acids is 4. The maximum absolute atomic E-state index is 13.0. The van der Waals surface area contributed by atoms with E-state index in [9.17, 15) is 32.3 Å². The number of hydrogen-bond acceptors (Lipinski definition) is 10. The highest BCUT2D eigenvalue weighted by Gasteiger charge is 2.51. The molecule has 4 heterocycles. The van der Waals surface area contributed by atoms with Crippen LogP contribution in [-0.4, -0.2) is 96.4 Å². The van der Waals surface area contributed by atoms with E-state index in [1.54, 1.807) is 0 Å². The summed E-state index contributed by atoms with van der Waals surface area (Å²) in [6.45, 7) is 2.34. The Hall–Kier alpha value is -4.50. The Morgan fingerprint density at radius 2 is 1.81 bits per heavy atom. The summed E-state index contributed by atoms with van der Waals surface area (Å²) in [4.78, 5) is 72.4. The second-order valence-electron chi connectivity index (χ2n) is 8.34. The van der Waals surface area contributed by atoms with Gasteiger partial charge in [0, 0.05) is 25.0 Å². The topological polar surface area (TPSA) is 154 Å². The highest BCUT2D eigenvalue weighted by atomic mass is 19.4. The number of urea groups is 1. The molecule has 0 bridgehead atoms. The van der Waals surface area contributed by atoms with Gasteiger partial charge in [-0.1, -0.05) is 0 Å². The van der Waals surface area contributed by atoms with E-state index >= 15 is 0 Å². The van der Waals surface area contributed by atoms with Crippen molar-refractivity contribution in [2.75, 3.05) is 18.9 Å². The highest BCUT2D eigenvalue weighted by molar-refractivity contribution is 6.05. The number of nitrogens with zero attached hydrogens (tertiary/aromatic N) is 8. The Labute approximate surface area is 207 Å². The van der Waals surface area contributed by atoms with Crippen LogP contribution < -0.4 is 5.32 Å².